The molecule has 2 heterocycles. The predicted octanol–water partition coefficient (Wildman–Crippen LogP) is 4.60. The molecule has 0 bridgehead atoms. The summed E-state index contributed by atoms with van der Waals surface area (Å²) in [6.45, 7) is 0. The van der Waals surface area contributed by atoms with E-state index in [2.05, 4.69) is 20.5 Å². The molecule has 0 fully saturated rings. The van der Waals surface area contributed by atoms with Gasteiger partial charge in [0, 0.05) is 16.5 Å². The van der Waals surface area contributed by atoms with Crippen molar-refractivity contribution >= 4 is 34.1 Å². The number of benzene rings is 2. The van der Waals surface area contributed by atoms with Crippen LogP contribution in [0.4, 0.5) is 5.13 Å². The lowest BCUT2D eigenvalue weighted by Gasteiger charge is -2.01. The number of thioether (sulfide) groups is 1. The third kappa shape index (κ3) is 4.82. The van der Waals surface area contributed by atoms with Gasteiger partial charge in [-0.3, -0.25) is 4.79 Å². The Kier molecular flexibility index (Phi) is 5.87. The lowest BCUT2D eigenvalue weighted by Crippen LogP contribution is -2.13. The highest BCUT2D eigenvalue weighted by atomic mass is 32.2. The maximum absolute atomic E-state index is 12.2. The van der Waals surface area contributed by atoms with E-state index in [1.807, 2.05) is 60.0 Å². The van der Waals surface area contributed by atoms with Crippen molar-refractivity contribution in [3.05, 3.63) is 60.0 Å². The number of aromatic nitrogens is 3. The van der Waals surface area contributed by atoms with Crippen LogP contribution in [0.2, 0.25) is 0 Å². The minimum atomic E-state index is -0.190. The molecule has 0 radical (unpaired) electrons. The molecular weight excluding hydrogens is 408 g/mol. The zero-order valence-corrected chi connectivity index (χ0v) is 17.0. The minimum Gasteiger partial charge on any atom is -0.497 e. The van der Waals surface area contributed by atoms with Gasteiger partial charge in [0.2, 0.25) is 11.8 Å². The van der Waals surface area contributed by atoms with Gasteiger partial charge < -0.3 is 14.5 Å². The molecule has 146 valence electrons. The summed E-state index contributed by atoms with van der Waals surface area (Å²) < 4.78 is 10.7. The van der Waals surface area contributed by atoms with Crippen LogP contribution in [-0.2, 0) is 4.79 Å². The summed E-state index contributed by atoms with van der Waals surface area (Å²) in [4.78, 5) is 16.7. The summed E-state index contributed by atoms with van der Waals surface area (Å²) in [6.07, 6.45) is 0. The largest absolute Gasteiger partial charge is 0.497 e. The van der Waals surface area contributed by atoms with Crippen molar-refractivity contribution in [2.24, 2.45) is 0 Å². The fraction of sp³-hybridized carbons (Fsp3) is 0.100. The highest BCUT2D eigenvalue weighted by molar-refractivity contribution is 7.99. The first-order valence-corrected chi connectivity index (χ1v) is 10.5. The predicted molar refractivity (Wildman–Crippen MR) is 113 cm³/mol. The van der Waals surface area contributed by atoms with Gasteiger partial charge in [-0.1, -0.05) is 30.0 Å². The van der Waals surface area contributed by atoms with E-state index in [-0.39, 0.29) is 11.7 Å². The maximum Gasteiger partial charge on any atom is 0.277 e. The molecule has 0 saturated carbocycles. The number of nitrogens with one attached hydrogen (secondary N) is 1. The van der Waals surface area contributed by atoms with Crippen LogP contribution in [0.25, 0.3) is 22.7 Å². The summed E-state index contributed by atoms with van der Waals surface area (Å²) >= 11 is 2.55. The molecule has 4 rings (SSSR count). The topological polar surface area (TPSA) is 90.1 Å². The van der Waals surface area contributed by atoms with Crippen LogP contribution in [0.1, 0.15) is 0 Å². The summed E-state index contributed by atoms with van der Waals surface area (Å²) in [7, 11) is 1.63. The van der Waals surface area contributed by atoms with Crippen molar-refractivity contribution in [3.63, 3.8) is 0 Å². The molecule has 4 aromatic rings. The van der Waals surface area contributed by atoms with Gasteiger partial charge in [0.05, 0.1) is 18.6 Å². The van der Waals surface area contributed by atoms with Crippen LogP contribution in [0, 0.1) is 0 Å². The monoisotopic (exact) mass is 424 g/mol. The minimum absolute atomic E-state index is 0.147. The molecule has 0 spiro atoms. The number of anilines is 1. The van der Waals surface area contributed by atoms with E-state index in [4.69, 9.17) is 9.15 Å². The quantitative estimate of drug-likeness (QED) is 0.434. The molecule has 0 unspecified atom stereocenters. The van der Waals surface area contributed by atoms with E-state index in [1.165, 1.54) is 23.1 Å². The molecule has 0 atom stereocenters. The Morgan fingerprint density at radius 2 is 1.90 bits per heavy atom. The summed E-state index contributed by atoms with van der Waals surface area (Å²) in [5.74, 6) is 1.17. The number of thiazole rings is 1. The van der Waals surface area contributed by atoms with Crippen molar-refractivity contribution in [3.8, 4) is 28.5 Å². The van der Waals surface area contributed by atoms with Gasteiger partial charge in [-0.15, -0.1) is 21.5 Å². The number of nitrogens with zero attached hydrogens (tertiary/aromatic N) is 3. The lowest BCUT2D eigenvalue weighted by atomic mass is 10.2. The lowest BCUT2D eigenvalue weighted by molar-refractivity contribution is -0.113. The Hall–Kier alpha value is -3.17. The van der Waals surface area contributed by atoms with Gasteiger partial charge in [0.25, 0.3) is 5.22 Å². The molecule has 0 aliphatic heterocycles. The van der Waals surface area contributed by atoms with Crippen LogP contribution < -0.4 is 10.1 Å². The zero-order chi connectivity index (χ0) is 20.1. The van der Waals surface area contributed by atoms with Gasteiger partial charge in [0.1, 0.15) is 5.75 Å². The molecule has 0 aliphatic carbocycles. The fourth-order valence-electron chi connectivity index (χ4n) is 2.47. The number of hydrogen-bond donors (Lipinski definition) is 1. The summed E-state index contributed by atoms with van der Waals surface area (Å²) in [6, 6.07) is 17.1. The summed E-state index contributed by atoms with van der Waals surface area (Å²) in [5.41, 5.74) is 2.59. The Labute approximate surface area is 175 Å². The number of ether oxygens (including phenoxy) is 1. The second kappa shape index (κ2) is 8.89. The number of amides is 1. The molecule has 9 heteroatoms. The molecule has 2 aromatic heterocycles. The molecular formula is C20H16N4O3S2. The molecule has 0 saturated heterocycles. The average Bonchev–Trinajstić information content (AvgIpc) is 3.43. The SMILES string of the molecule is COc1ccc(-c2csc(NC(=O)CSc3nnc(-c4ccccc4)o3)n2)cc1. The van der Waals surface area contributed by atoms with Crippen LogP contribution in [0.5, 0.6) is 5.75 Å². The Balaban J connectivity index is 1.32. The van der Waals surface area contributed by atoms with Crippen LogP contribution in [0.3, 0.4) is 0 Å². The van der Waals surface area contributed by atoms with E-state index in [0.29, 0.717) is 16.2 Å². The van der Waals surface area contributed by atoms with Crippen molar-refractivity contribution in [2.75, 3.05) is 18.2 Å². The second-order valence-electron chi connectivity index (χ2n) is 5.84. The Morgan fingerprint density at radius 1 is 1.10 bits per heavy atom. The van der Waals surface area contributed by atoms with Gasteiger partial charge >= 0.3 is 0 Å². The van der Waals surface area contributed by atoms with Crippen molar-refractivity contribution < 1.29 is 13.9 Å². The molecule has 2 aromatic carbocycles. The number of carbonyl (C=O) groups is 1. The van der Waals surface area contributed by atoms with Crippen molar-refractivity contribution in [1.82, 2.24) is 15.2 Å². The summed E-state index contributed by atoms with van der Waals surface area (Å²) in [5, 5.41) is 13.6. The first-order chi connectivity index (χ1) is 14.2. The van der Waals surface area contributed by atoms with Gasteiger partial charge in [-0.05, 0) is 36.4 Å². The van der Waals surface area contributed by atoms with Gasteiger partial charge in [0.15, 0.2) is 5.13 Å². The number of methoxy groups -OCH3 is 1. The first-order valence-electron chi connectivity index (χ1n) is 8.63. The van der Waals surface area contributed by atoms with Crippen molar-refractivity contribution in [2.45, 2.75) is 5.22 Å². The Bertz CT molecular complexity index is 1090. The average molecular weight is 425 g/mol. The molecule has 1 N–H and O–H groups in total. The van der Waals surface area contributed by atoms with Gasteiger partial charge in [-0.25, -0.2) is 4.98 Å². The first kappa shape index (κ1) is 19.2. The molecule has 29 heavy (non-hydrogen) atoms. The Morgan fingerprint density at radius 3 is 2.66 bits per heavy atom. The standard InChI is InChI=1S/C20H16N4O3S2/c1-26-15-9-7-13(8-10-15)16-11-28-19(21-16)22-17(25)12-29-20-24-23-18(27-20)14-5-3-2-4-6-14/h2-11H,12H2,1H3,(H,21,22,25). The smallest absolute Gasteiger partial charge is 0.277 e. The number of hydrogen-bond acceptors (Lipinski definition) is 8. The zero-order valence-electron chi connectivity index (χ0n) is 15.4. The number of carbonyl (C=O) groups excluding carboxylic acids is 1. The molecule has 1 amide bonds. The van der Waals surface area contributed by atoms with Crippen LogP contribution >= 0.6 is 23.1 Å². The van der Waals surface area contributed by atoms with Gasteiger partial charge in [-0.2, -0.15) is 0 Å². The van der Waals surface area contributed by atoms with E-state index < -0.39 is 0 Å². The second-order valence-corrected chi connectivity index (χ2v) is 7.63. The molecule has 0 aliphatic rings. The van der Waals surface area contributed by atoms with E-state index in [9.17, 15) is 4.79 Å². The maximum atomic E-state index is 12.2. The number of rotatable bonds is 7. The van der Waals surface area contributed by atoms with E-state index in [0.717, 1.165) is 22.6 Å². The van der Waals surface area contributed by atoms with E-state index >= 15 is 0 Å². The van der Waals surface area contributed by atoms with Crippen LogP contribution in [0.15, 0.2) is 69.6 Å². The van der Waals surface area contributed by atoms with Crippen LogP contribution in [-0.4, -0.2) is 34.0 Å². The third-order valence-corrected chi connectivity index (χ3v) is 5.47. The van der Waals surface area contributed by atoms with E-state index in [1.54, 1.807) is 7.11 Å². The fourth-order valence-corrected chi connectivity index (χ4v) is 3.77. The van der Waals surface area contributed by atoms with Crippen molar-refractivity contribution in [1.29, 1.82) is 0 Å². The normalized spacial score (nSPS) is 10.7. The highest BCUT2D eigenvalue weighted by Gasteiger charge is 2.13. The highest BCUT2D eigenvalue weighted by Crippen LogP contribution is 2.27. The third-order valence-electron chi connectivity index (χ3n) is 3.89. The molecule has 7 nitrogen and oxygen atoms in total.